The molecule has 2 rings (SSSR count). The summed E-state index contributed by atoms with van der Waals surface area (Å²) in [4.78, 5) is 27.9. The minimum Gasteiger partial charge on any atom is -0.384 e. The molecule has 1 aromatic carbocycles. The Balaban J connectivity index is 1.94. The summed E-state index contributed by atoms with van der Waals surface area (Å²) in [6.07, 6.45) is 1.50. The molecule has 0 spiro atoms. The fourth-order valence-corrected chi connectivity index (χ4v) is 1.90. The molecule has 0 bridgehead atoms. The zero-order valence-electron chi connectivity index (χ0n) is 14.1. The molecule has 0 unspecified atom stereocenters. The molecule has 4 N–H and O–H groups in total. The Morgan fingerprint density at radius 1 is 1.08 bits per heavy atom. The van der Waals surface area contributed by atoms with Gasteiger partial charge in [0.2, 0.25) is 5.91 Å². The van der Waals surface area contributed by atoms with Gasteiger partial charge in [-0.25, -0.2) is 4.98 Å². The van der Waals surface area contributed by atoms with E-state index in [4.69, 9.17) is 5.73 Å². The minimum atomic E-state index is -0.424. The zero-order valence-corrected chi connectivity index (χ0v) is 14.1. The third-order valence-corrected chi connectivity index (χ3v) is 3.39. The molecule has 0 aliphatic carbocycles. The van der Waals surface area contributed by atoms with Gasteiger partial charge in [-0.1, -0.05) is 32.9 Å². The van der Waals surface area contributed by atoms with Crippen molar-refractivity contribution < 1.29 is 9.59 Å². The quantitative estimate of drug-likeness (QED) is 0.804. The van der Waals surface area contributed by atoms with Gasteiger partial charge in [-0.3, -0.25) is 9.59 Å². The monoisotopic (exact) mass is 326 g/mol. The van der Waals surface area contributed by atoms with Crippen molar-refractivity contribution in [2.24, 2.45) is 5.41 Å². The Hall–Kier alpha value is -2.89. The smallest absolute Gasteiger partial charge is 0.255 e. The first-order chi connectivity index (χ1) is 11.3. The van der Waals surface area contributed by atoms with Crippen LogP contribution in [-0.4, -0.2) is 16.8 Å². The van der Waals surface area contributed by atoms with Crippen LogP contribution in [0.2, 0.25) is 0 Å². The van der Waals surface area contributed by atoms with E-state index in [0.717, 1.165) is 5.56 Å². The van der Waals surface area contributed by atoms with Crippen LogP contribution in [0.5, 0.6) is 0 Å². The van der Waals surface area contributed by atoms with Gasteiger partial charge >= 0.3 is 0 Å². The first kappa shape index (κ1) is 17.5. The van der Waals surface area contributed by atoms with Gasteiger partial charge in [0.1, 0.15) is 5.82 Å². The van der Waals surface area contributed by atoms with E-state index in [1.807, 2.05) is 32.9 Å². The van der Waals surface area contributed by atoms with E-state index in [2.05, 4.69) is 15.6 Å². The number of carbonyl (C=O) groups excluding carboxylic acids is 2. The molecule has 2 aromatic rings. The first-order valence-corrected chi connectivity index (χ1v) is 7.66. The molecule has 0 aliphatic heterocycles. The standard InChI is InChI=1S/C18H22N4O2/c1-18(2,3)17(24)21-10-12-4-6-13(7-5-12)16(23)22-14-8-9-15(19)20-11-14/h4-9,11H,10H2,1-3H3,(H2,19,20)(H,21,24)(H,22,23). The van der Waals surface area contributed by atoms with Crippen molar-refractivity contribution in [3.8, 4) is 0 Å². The lowest BCUT2D eigenvalue weighted by atomic mass is 9.95. The van der Waals surface area contributed by atoms with Crippen molar-refractivity contribution in [2.45, 2.75) is 27.3 Å². The maximum absolute atomic E-state index is 12.2. The van der Waals surface area contributed by atoms with Crippen LogP contribution in [0, 0.1) is 5.41 Å². The average molecular weight is 326 g/mol. The Labute approximate surface area is 141 Å². The summed E-state index contributed by atoms with van der Waals surface area (Å²) in [5.74, 6) is 0.154. The summed E-state index contributed by atoms with van der Waals surface area (Å²) in [7, 11) is 0. The lowest BCUT2D eigenvalue weighted by molar-refractivity contribution is -0.128. The van der Waals surface area contributed by atoms with Crippen LogP contribution in [-0.2, 0) is 11.3 Å². The maximum Gasteiger partial charge on any atom is 0.255 e. The molecule has 1 aromatic heterocycles. The third-order valence-electron chi connectivity index (χ3n) is 3.39. The summed E-state index contributed by atoms with van der Waals surface area (Å²) < 4.78 is 0. The van der Waals surface area contributed by atoms with Crippen LogP contribution in [0.4, 0.5) is 11.5 Å². The molecule has 24 heavy (non-hydrogen) atoms. The molecule has 0 atom stereocenters. The molecule has 6 heteroatoms. The van der Waals surface area contributed by atoms with Crippen molar-refractivity contribution in [3.05, 3.63) is 53.7 Å². The fraction of sp³-hybridized carbons (Fsp3) is 0.278. The van der Waals surface area contributed by atoms with Crippen LogP contribution in [0.15, 0.2) is 42.6 Å². The normalized spacial score (nSPS) is 11.0. The Bertz CT molecular complexity index is 716. The number of amides is 2. The van der Waals surface area contributed by atoms with E-state index >= 15 is 0 Å². The zero-order chi connectivity index (χ0) is 17.7. The van der Waals surface area contributed by atoms with E-state index in [9.17, 15) is 9.59 Å². The highest BCUT2D eigenvalue weighted by molar-refractivity contribution is 6.04. The van der Waals surface area contributed by atoms with Gasteiger partial charge in [0, 0.05) is 17.5 Å². The maximum atomic E-state index is 12.2. The average Bonchev–Trinajstić information content (AvgIpc) is 2.54. The highest BCUT2D eigenvalue weighted by atomic mass is 16.2. The van der Waals surface area contributed by atoms with E-state index in [1.54, 1.807) is 24.3 Å². The van der Waals surface area contributed by atoms with Gasteiger partial charge < -0.3 is 16.4 Å². The van der Waals surface area contributed by atoms with Crippen LogP contribution in [0.1, 0.15) is 36.7 Å². The number of aromatic nitrogens is 1. The number of benzene rings is 1. The van der Waals surface area contributed by atoms with Crippen LogP contribution in [0.3, 0.4) is 0 Å². The third kappa shape index (κ3) is 4.81. The number of hydrogen-bond acceptors (Lipinski definition) is 4. The number of rotatable bonds is 4. The van der Waals surface area contributed by atoms with Crippen molar-refractivity contribution in [1.82, 2.24) is 10.3 Å². The summed E-state index contributed by atoms with van der Waals surface area (Å²) in [5.41, 5.74) is 7.12. The number of anilines is 2. The Morgan fingerprint density at radius 3 is 2.29 bits per heavy atom. The van der Waals surface area contributed by atoms with E-state index < -0.39 is 5.41 Å². The van der Waals surface area contributed by atoms with Gasteiger partial charge in [-0.05, 0) is 29.8 Å². The SMILES string of the molecule is CC(C)(C)C(=O)NCc1ccc(C(=O)Nc2ccc(N)nc2)cc1. The van der Waals surface area contributed by atoms with E-state index in [0.29, 0.717) is 23.6 Å². The first-order valence-electron chi connectivity index (χ1n) is 7.66. The Kier molecular flexibility index (Phi) is 5.18. The van der Waals surface area contributed by atoms with E-state index in [1.165, 1.54) is 6.20 Å². The van der Waals surface area contributed by atoms with Crippen LogP contribution in [0.25, 0.3) is 0 Å². The van der Waals surface area contributed by atoms with Gasteiger partial charge in [0.15, 0.2) is 0 Å². The highest BCUT2D eigenvalue weighted by Crippen LogP contribution is 2.14. The molecule has 1 heterocycles. The number of pyridine rings is 1. The van der Waals surface area contributed by atoms with Crippen molar-refractivity contribution in [1.29, 1.82) is 0 Å². The fourth-order valence-electron chi connectivity index (χ4n) is 1.90. The number of nitrogens with two attached hydrogens (primary N) is 1. The summed E-state index contributed by atoms with van der Waals surface area (Å²) >= 11 is 0. The van der Waals surface area contributed by atoms with Crippen molar-refractivity contribution in [3.63, 3.8) is 0 Å². The second kappa shape index (κ2) is 7.12. The molecule has 0 saturated heterocycles. The molecular weight excluding hydrogens is 304 g/mol. The second-order valence-electron chi connectivity index (χ2n) is 6.56. The van der Waals surface area contributed by atoms with Crippen LogP contribution < -0.4 is 16.4 Å². The van der Waals surface area contributed by atoms with Gasteiger partial charge in [0.25, 0.3) is 5.91 Å². The molecular formula is C18H22N4O2. The number of nitrogens with one attached hydrogen (secondary N) is 2. The lowest BCUT2D eigenvalue weighted by Crippen LogP contribution is -2.34. The van der Waals surface area contributed by atoms with Crippen LogP contribution >= 0.6 is 0 Å². The lowest BCUT2D eigenvalue weighted by Gasteiger charge is -2.17. The predicted octanol–water partition coefficient (Wildman–Crippen LogP) is 2.58. The molecule has 2 amide bonds. The topological polar surface area (TPSA) is 97.1 Å². The second-order valence-corrected chi connectivity index (χ2v) is 6.56. The van der Waals surface area contributed by atoms with Gasteiger partial charge in [-0.15, -0.1) is 0 Å². The molecule has 126 valence electrons. The minimum absolute atomic E-state index is 0.0137. The largest absolute Gasteiger partial charge is 0.384 e. The highest BCUT2D eigenvalue weighted by Gasteiger charge is 2.20. The number of carbonyl (C=O) groups is 2. The van der Waals surface area contributed by atoms with Crippen molar-refractivity contribution >= 4 is 23.3 Å². The number of nitrogen functional groups attached to an aromatic ring is 1. The Morgan fingerprint density at radius 2 is 1.75 bits per heavy atom. The molecule has 0 aliphatic rings. The molecule has 0 saturated carbocycles. The van der Waals surface area contributed by atoms with Crippen molar-refractivity contribution in [2.75, 3.05) is 11.1 Å². The van der Waals surface area contributed by atoms with E-state index in [-0.39, 0.29) is 11.8 Å². The van der Waals surface area contributed by atoms with Gasteiger partial charge in [-0.2, -0.15) is 0 Å². The van der Waals surface area contributed by atoms with Gasteiger partial charge in [0.05, 0.1) is 11.9 Å². The number of hydrogen-bond donors (Lipinski definition) is 3. The number of nitrogens with zero attached hydrogens (tertiary/aromatic N) is 1. The summed E-state index contributed by atoms with van der Waals surface area (Å²) in [6.45, 7) is 6.02. The molecule has 6 nitrogen and oxygen atoms in total. The summed E-state index contributed by atoms with van der Waals surface area (Å²) in [5, 5.41) is 5.62. The summed E-state index contributed by atoms with van der Waals surface area (Å²) in [6, 6.07) is 10.4. The molecule has 0 fully saturated rings. The molecule has 0 radical (unpaired) electrons. The predicted molar refractivity (Wildman–Crippen MR) is 94.3 cm³/mol.